The van der Waals surface area contributed by atoms with Crippen LogP contribution in [0.4, 0.5) is 0 Å². The largest absolute Gasteiger partial charge is 0.379 e. The van der Waals surface area contributed by atoms with E-state index in [1.807, 2.05) is 0 Å². The summed E-state index contributed by atoms with van der Waals surface area (Å²) in [6.07, 6.45) is 2.94. The van der Waals surface area contributed by atoms with E-state index in [1.165, 1.54) is 6.21 Å². The summed E-state index contributed by atoms with van der Waals surface area (Å²) in [4.78, 5) is 9.53. The van der Waals surface area contributed by atoms with E-state index >= 15 is 0 Å². The fourth-order valence-electron chi connectivity index (χ4n) is 0.491. The van der Waals surface area contributed by atoms with Crippen LogP contribution in [0.3, 0.4) is 0 Å². The average Bonchev–Trinajstić information content (AvgIpc) is 1.97. The minimum absolute atomic E-state index is 0.227. The normalized spacial score (nSPS) is 9.20. The van der Waals surface area contributed by atoms with E-state index in [9.17, 15) is 4.91 Å². The Morgan fingerprint density at radius 2 is 2.30 bits per heavy atom. The minimum Gasteiger partial charge on any atom is -0.379 e. The van der Waals surface area contributed by atoms with Gasteiger partial charge in [0.2, 0.25) is 0 Å². The summed E-state index contributed by atoms with van der Waals surface area (Å²) in [5.74, 6) is 0. The zero-order valence-corrected chi connectivity index (χ0v) is 5.88. The van der Waals surface area contributed by atoms with Gasteiger partial charge in [-0.1, -0.05) is 5.18 Å². The lowest BCUT2D eigenvalue weighted by atomic mass is 10.3. The Hall–Kier alpha value is -0.770. The topological polar surface area (TPSA) is 62.5 Å². The molecule has 0 unspecified atom stereocenters. The molecule has 10 heavy (non-hydrogen) atoms. The van der Waals surface area contributed by atoms with Crippen molar-refractivity contribution >= 4 is 6.21 Å². The quantitative estimate of drug-likeness (QED) is 0.331. The maximum Gasteiger partial charge on any atom is 0.104 e. The van der Waals surface area contributed by atoms with Crippen molar-refractivity contribution in [3.63, 3.8) is 0 Å². The van der Waals surface area contributed by atoms with E-state index in [-0.39, 0.29) is 6.54 Å². The molecular formula is C6H12N2O2. The second kappa shape index (κ2) is 8.23. The van der Waals surface area contributed by atoms with Gasteiger partial charge in [-0.3, -0.25) is 0 Å². The molecule has 0 saturated carbocycles. The molecule has 4 nitrogen and oxygen atoms in total. The molecule has 0 spiro atoms. The highest BCUT2D eigenvalue weighted by atomic mass is 16.5. The molecule has 0 saturated heterocycles. The number of hydrogen-bond acceptors (Lipinski definition) is 4. The van der Waals surface area contributed by atoms with Gasteiger partial charge in [-0.2, -0.15) is 4.91 Å². The zero-order valence-electron chi connectivity index (χ0n) is 5.88. The van der Waals surface area contributed by atoms with Crippen molar-refractivity contribution in [2.45, 2.75) is 12.8 Å². The van der Waals surface area contributed by atoms with E-state index in [1.54, 1.807) is 0 Å². The van der Waals surface area contributed by atoms with Gasteiger partial charge in [-0.15, -0.1) is 0 Å². The van der Waals surface area contributed by atoms with E-state index in [4.69, 9.17) is 10.1 Å². The predicted molar refractivity (Wildman–Crippen MR) is 39.5 cm³/mol. The molecule has 0 aromatic rings. The molecule has 4 heteroatoms. The van der Waals surface area contributed by atoms with E-state index in [0.29, 0.717) is 13.2 Å². The molecule has 0 amide bonds. The van der Waals surface area contributed by atoms with Gasteiger partial charge in [0, 0.05) is 6.61 Å². The van der Waals surface area contributed by atoms with E-state index < -0.39 is 0 Å². The number of nitrogens with zero attached hydrogens (tertiary/aromatic N) is 1. The number of nitroso groups, excluding NO2 is 1. The molecule has 0 aromatic heterocycles. The Morgan fingerprint density at radius 1 is 1.50 bits per heavy atom. The van der Waals surface area contributed by atoms with Gasteiger partial charge in [-0.25, -0.2) is 0 Å². The van der Waals surface area contributed by atoms with Crippen LogP contribution in [0.15, 0.2) is 5.18 Å². The fourth-order valence-corrected chi connectivity index (χ4v) is 0.491. The molecule has 0 atom stereocenters. The number of hydrogen-bond donors (Lipinski definition) is 1. The lowest BCUT2D eigenvalue weighted by molar-refractivity contribution is 0.140. The van der Waals surface area contributed by atoms with Crippen molar-refractivity contribution in [1.29, 1.82) is 5.41 Å². The smallest absolute Gasteiger partial charge is 0.104 e. The summed E-state index contributed by atoms with van der Waals surface area (Å²) < 4.78 is 4.98. The lowest BCUT2D eigenvalue weighted by Crippen LogP contribution is -1.99. The van der Waals surface area contributed by atoms with Crippen molar-refractivity contribution in [3.05, 3.63) is 4.91 Å². The first-order valence-corrected chi connectivity index (χ1v) is 3.27. The third-order valence-corrected chi connectivity index (χ3v) is 0.964. The van der Waals surface area contributed by atoms with Crippen LogP contribution in [0.5, 0.6) is 0 Å². The molecule has 0 radical (unpaired) electrons. The summed E-state index contributed by atoms with van der Waals surface area (Å²) in [7, 11) is 0. The molecule has 58 valence electrons. The van der Waals surface area contributed by atoms with Gasteiger partial charge in [0.15, 0.2) is 0 Å². The van der Waals surface area contributed by atoms with Crippen LogP contribution in [-0.4, -0.2) is 26.0 Å². The van der Waals surface area contributed by atoms with Crippen molar-refractivity contribution < 1.29 is 4.74 Å². The highest BCUT2D eigenvalue weighted by Gasteiger charge is 1.86. The van der Waals surface area contributed by atoms with Crippen LogP contribution in [-0.2, 0) is 4.74 Å². The molecular weight excluding hydrogens is 132 g/mol. The SMILES string of the molecule is N=CCCCOCCN=O. The lowest BCUT2D eigenvalue weighted by Gasteiger charge is -1.97. The molecule has 0 aromatic carbocycles. The highest BCUT2D eigenvalue weighted by Crippen LogP contribution is 1.85. The molecule has 0 aliphatic carbocycles. The summed E-state index contributed by atoms with van der Waals surface area (Å²) in [5.41, 5.74) is 0. The van der Waals surface area contributed by atoms with Crippen molar-refractivity contribution in [1.82, 2.24) is 0 Å². The van der Waals surface area contributed by atoms with Gasteiger partial charge in [0.25, 0.3) is 0 Å². The van der Waals surface area contributed by atoms with Crippen LogP contribution in [0.25, 0.3) is 0 Å². The Kier molecular flexibility index (Phi) is 7.60. The Labute approximate surface area is 60.1 Å². The Morgan fingerprint density at radius 3 is 2.90 bits per heavy atom. The monoisotopic (exact) mass is 144 g/mol. The molecule has 0 bridgehead atoms. The first-order chi connectivity index (χ1) is 4.91. The molecule has 0 aliphatic rings. The fraction of sp³-hybridized carbons (Fsp3) is 0.833. The second-order valence-corrected chi connectivity index (χ2v) is 1.81. The highest BCUT2D eigenvalue weighted by molar-refractivity contribution is 5.52. The first kappa shape index (κ1) is 9.23. The van der Waals surface area contributed by atoms with E-state index in [0.717, 1.165) is 12.8 Å². The van der Waals surface area contributed by atoms with Gasteiger partial charge in [-0.05, 0) is 19.1 Å². The van der Waals surface area contributed by atoms with Crippen LogP contribution < -0.4 is 0 Å². The van der Waals surface area contributed by atoms with Gasteiger partial charge in [0.05, 0.1) is 6.61 Å². The standard InChI is InChI=1S/C6H12N2O2/c7-3-1-2-5-10-6-4-8-9/h3,7H,1-2,4-6H2. The first-order valence-electron chi connectivity index (χ1n) is 3.27. The zero-order chi connectivity index (χ0) is 7.66. The summed E-state index contributed by atoms with van der Waals surface area (Å²) in [6.45, 7) is 1.25. The van der Waals surface area contributed by atoms with Crippen molar-refractivity contribution in [2.24, 2.45) is 5.18 Å². The molecule has 0 heterocycles. The predicted octanol–water partition coefficient (Wildman–Crippen LogP) is 1.20. The molecule has 0 rings (SSSR count). The summed E-state index contributed by atoms with van der Waals surface area (Å²) in [5, 5.41) is 9.30. The van der Waals surface area contributed by atoms with Crippen molar-refractivity contribution in [2.75, 3.05) is 19.8 Å². The molecule has 1 N–H and O–H groups in total. The van der Waals surface area contributed by atoms with Crippen LogP contribution in [0, 0.1) is 10.3 Å². The summed E-state index contributed by atoms with van der Waals surface area (Å²) in [6, 6.07) is 0. The number of nitrogens with one attached hydrogen (secondary N) is 1. The number of unbranched alkanes of at least 4 members (excludes halogenated alkanes) is 1. The minimum atomic E-state index is 0.227. The van der Waals surface area contributed by atoms with Gasteiger partial charge < -0.3 is 10.1 Å². The third kappa shape index (κ3) is 7.23. The van der Waals surface area contributed by atoms with E-state index in [2.05, 4.69) is 5.18 Å². The summed E-state index contributed by atoms with van der Waals surface area (Å²) >= 11 is 0. The number of ether oxygens (including phenoxy) is 1. The van der Waals surface area contributed by atoms with Crippen molar-refractivity contribution in [3.8, 4) is 0 Å². The van der Waals surface area contributed by atoms with Crippen LogP contribution in [0.2, 0.25) is 0 Å². The van der Waals surface area contributed by atoms with Gasteiger partial charge >= 0.3 is 0 Å². The second-order valence-electron chi connectivity index (χ2n) is 1.81. The Balaban J connectivity index is 2.76. The molecule has 0 aliphatic heterocycles. The van der Waals surface area contributed by atoms with Crippen LogP contribution in [0.1, 0.15) is 12.8 Å². The van der Waals surface area contributed by atoms with Gasteiger partial charge in [0.1, 0.15) is 6.54 Å². The molecule has 0 fully saturated rings. The number of rotatable bonds is 7. The van der Waals surface area contributed by atoms with Crippen LogP contribution >= 0.6 is 0 Å². The maximum atomic E-state index is 9.53. The maximum absolute atomic E-state index is 9.53. The Bertz CT molecular complexity index is 83.7. The third-order valence-electron chi connectivity index (χ3n) is 0.964. The average molecular weight is 144 g/mol.